The number of nitrogens with zero attached hydrogens (tertiary/aromatic N) is 2. The van der Waals surface area contributed by atoms with Crippen LogP contribution in [0.3, 0.4) is 0 Å². The van der Waals surface area contributed by atoms with E-state index < -0.39 is 12.5 Å². The van der Waals surface area contributed by atoms with Crippen molar-refractivity contribution in [2.75, 3.05) is 11.9 Å². The lowest BCUT2D eigenvalue weighted by Gasteiger charge is -2.11. The molecule has 1 unspecified atom stereocenters. The van der Waals surface area contributed by atoms with Crippen molar-refractivity contribution in [2.45, 2.75) is 19.5 Å². The minimum atomic E-state index is -2.78. The molecule has 0 aliphatic heterocycles. The van der Waals surface area contributed by atoms with E-state index in [4.69, 9.17) is 16.7 Å². The normalized spacial score (nSPS) is 12.9. The second-order valence-electron chi connectivity index (χ2n) is 2.95. The first-order valence-corrected chi connectivity index (χ1v) is 4.58. The van der Waals surface area contributed by atoms with E-state index in [2.05, 4.69) is 15.3 Å². The molecule has 0 amide bonds. The van der Waals surface area contributed by atoms with Gasteiger partial charge >= 0.3 is 0 Å². The monoisotopic (exact) mass is 237 g/mol. The van der Waals surface area contributed by atoms with E-state index in [0.717, 1.165) is 0 Å². The zero-order chi connectivity index (χ0) is 11.4. The van der Waals surface area contributed by atoms with Crippen LogP contribution in [0.4, 0.5) is 14.6 Å². The van der Waals surface area contributed by atoms with Gasteiger partial charge in [-0.1, -0.05) is 0 Å². The lowest BCUT2D eigenvalue weighted by Crippen LogP contribution is -2.27. The summed E-state index contributed by atoms with van der Waals surface area (Å²) in [6.45, 7) is 1.41. The van der Waals surface area contributed by atoms with Gasteiger partial charge in [0.25, 0.3) is 6.43 Å². The maximum absolute atomic E-state index is 11.9. The highest BCUT2D eigenvalue weighted by Crippen LogP contribution is 2.10. The van der Waals surface area contributed by atoms with E-state index in [9.17, 15) is 8.78 Å². The molecule has 0 saturated carbocycles. The summed E-state index contributed by atoms with van der Waals surface area (Å²) in [5, 5.41) is 11.4. The van der Waals surface area contributed by atoms with Crippen LogP contribution < -0.4 is 5.32 Å². The molecule has 1 heterocycles. The van der Waals surface area contributed by atoms with Crippen molar-refractivity contribution in [3.05, 3.63) is 17.0 Å². The van der Waals surface area contributed by atoms with Crippen molar-refractivity contribution in [2.24, 2.45) is 0 Å². The van der Waals surface area contributed by atoms with Gasteiger partial charge in [0.1, 0.15) is 11.9 Å². The van der Waals surface area contributed by atoms with Gasteiger partial charge in [-0.05, 0) is 18.5 Å². The van der Waals surface area contributed by atoms with E-state index >= 15 is 0 Å². The molecule has 0 aliphatic rings. The molecule has 0 radical (unpaired) electrons. The average Bonchev–Trinajstić information content (AvgIpc) is 2.12. The highest BCUT2D eigenvalue weighted by Gasteiger charge is 2.16. The van der Waals surface area contributed by atoms with Crippen LogP contribution >= 0.6 is 11.6 Å². The third kappa shape index (κ3) is 3.93. The van der Waals surface area contributed by atoms with Gasteiger partial charge in [0.15, 0.2) is 0 Å². The van der Waals surface area contributed by atoms with Gasteiger partial charge in [0, 0.05) is 18.3 Å². The number of aromatic nitrogens is 2. The van der Waals surface area contributed by atoms with E-state index in [-0.39, 0.29) is 11.8 Å². The van der Waals surface area contributed by atoms with Crippen molar-refractivity contribution in [1.82, 2.24) is 9.97 Å². The zero-order valence-corrected chi connectivity index (χ0v) is 8.67. The van der Waals surface area contributed by atoms with Crippen molar-refractivity contribution >= 4 is 17.4 Å². The molecule has 15 heavy (non-hydrogen) atoms. The molecule has 0 bridgehead atoms. The van der Waals surface area contributed by atoms with Gasteiger partial charge < -0.3 is 10.4 Å². The average molecular weight is 238 g/mol. The van der Waals surface area contributed by atoms with Crippen LogP contribution in [0.2, 0.25) is 5.28 Å². The SMILES string of the molecule is Cc1cc(NCC(O)C(F)F)nc(Cl)n1. The molecule has 1 aromatic heterocycles. The lowest BCUT2D eigenvalue weighted by atomic mass is 10.3. The van der Waals surface area contributed by atoms with Crippen molar-refractivity contribution < 1.29 is 13.9 Å². The molecule has 0 spiro atoms. The molecule has 1 aromatic rings. The number of hydrogen-bond donors (Lipinski definition) is 2. The third-order valence-electron chi connectivity index (χ3n) is 1.61. The highest BCUT2D eigenvalue weighted by molar-refractivity contribution is 6.28. The van der Waals surface area contributed by atoms with Crippen molar-refractivity contribution in [3.8, 4) is 0 Å². The Kier molecular flexibility index (Phi) is 4.16. The molecular weight excluding hydrogens is 228 g/mol. The largest absolute Gasteiger partial charge is 0.385 e. The highest BCUT2D eigenvalue weighted by atomic mass is 35.5. The number of hydrogen-bond acceptors (Lipinski definition) is 4. The standard InChI is InChI=1S/C8H10ClF2N3O/c1-4-2-6(14-8(9)13-4)12-3-5(15)7(10)11/h2,5,7,15H,3H2,1H3,(H,12,13,14). The van der Waals surface area contributed by atoms with Crippen LogP contribution in [0.25, 0.3) is 0 Å². The number of anilines is 1. The first-order valence-electron chi connectivity index (χ1n) is 4.20. The van der Waals surface area contributed by atoms with Gasteiger partial charge in [0.05, 0.1) is 0 Å². The first-order chi connectivity index (χ1) is 6.99. The fourth-order valence-corrected chi connectivity index (χ4v) is 1.15. The van der Waals surface area contributed by atoms with Gasteiger partial charge in [-0.25, -0.2) is 18.7 Å². The minimum absolute atomic E-state index is 0.0315. The van der Waals surface area contributed by atoms with Gasteiger partial charge in [0.2, 0.25) is 5.28 Å². The fourth-order valence-electron chi connectivity index (χ4n) is 0.921. The summed E-state index contributed by atoms with van der Waals surface area (Å²) in [5.41, 5.74) is 0.615. The van der Waals surface area contributed by atoms with Crippen molar-refractivity contribution in [3.63, 3.8) is 0 Å². The minimum Gasteiger partial charge on any atom is -0.385 e. The molecule has 0 saturated heterocycles. The predicted octanol–water partition coefficient (Wildman–Crippen LogP) is 1.48. The molecule has 84 valence electrons. The number of alkyl halides is 2. The summed E-state index contributed by atoms with van der Waals surface area (Å²) in [7, 11) is 0. The molecule has 1 atom stereocenters. The number of nitrogens with one attached hydrogen (secondary N) is 1. The number of aliphatic hydroxyl groups excluding tert-OH is 1. The second kappa shape index (κ2) is 5.18. The smallest absolute Gasteiger partial charge is 0.265 e. The fraction of sp³-hybridized carbons (Fsp3) is 0.500. The predicted molar refractivity (Wildman–Crippen MR) is 52.3 cm³/mol. The second-order valence-corrected chi connectivity index (χ2v) is 3.28. The number of halogens is 3. The third-order valence-corrected chi connectivity index (χ3v) is 1.78. The molecule has 0 fully saturated rings. The Hall–Kier alpha value is -1.01. The van der Waals surface area contributed by atoms with Gasteiger partial charge in [-0.15, -0.1) is 0 Å². The van der Waals surface area contributed by atoms with Crippen molar-refractivity contribution in [1.29, 1.82) is 0 Å². The number of rotatable bonds is 4. The molecule has 7 heteroatoms. The molecule has 2 N–H and O–H groups in total. The van der Waals surface area contributed by atoms with Crippen LogP contribution in [-0.2, 0) is 0 Å². The van der Waals surface area contributed by atoms with Crippen LogP contribution in [0.5, 0.6) is 0 Å². The summed E-state index contributed by atoms with van der Waals surface area (Å²) in [5.74, 6) is 0.312. The summed E-state index contributed by atoms with van der Waals surface area (Å²) in [6, 6.07) is 1.55. The zero-order valence-electron chi connectivity index (χ0n) is 7.91. The van der Waals surface area contributed by atoms with Gasteiger partial charge in [-0.3, -0.25) is 0 Å². The molecule has 1 rings (SSSR count). The Morgan fingerprint density at radius 1 is 1.53 bits per heavy atom. The summed E-state index contributed by atoms with van der Waals surface area (Å²) in [4.78, 5) is 7.55. The molecule has 4 nitrogen and oxygen atoms in total. The number of aryl methyl sites for hydroxylation is 1. The maximum atomic E-state index is 11.9. The van der Waals surface area contributed by atoms with E-state index in [0.29, 0.717) is 11.5 Å². The Morgan fingerprint density at radius 2 is 2.20 bits per heavy atom. The topological polar surface area (TPSA) is 58.0 Å². The molecule has 0 aromatic carbocycles. The lowest BCUT2D eigenvalue weighted by molar-refractivity contribution is 0.00380. The van der Waals surface area contributed by atoms with Crippen LogP contribution in [0.15, 0.2) is 6.07 Å². The Balaban J connectivity index is 2.57. The Labute approximate surface area is 90.3 Å². The van der Waals surface area contributed by atoms with E-state index in [1.807, 2.05) is 0 Å². The first kappa shape index (κ1) is 12.1. The number of aliphatic hydroxyl groups is 1. The Morgan fingerprint density at radius 3 is 2.73 bits per heavy atom. The van der Waals surface area contributed by atoms with Gasteiger partial charge in [-0.2, -0.15) is 0 Å². The summed E-state index contributed by atoms with van der Waals surface area (Å²) in [6.07, 6.45) is -4.50. The van der Waals surface area contributed by atoms with Crippen LogP contribution in [-0.4, -0.2) is 34.1 Å². The molecule has 0 aliphatic carbocycles. The molecular formula is C8H10ClF2N3O. The summed E-state index contributed by atoms with van der Waals surface area (Å²) < 4.78 is 23.9. The quantitative estimate of drug-likeness (QED) is 0.779. The van der Waals surface area contributed by atoms with E-state index in [1.165, 1.54) is 0 Å². The maximum Gasteiger partial charge on any atom is 0.265 e. The Bertz CT molecular complexity index is 317. The van der Waals surface area contributed by atoms with Crippen LogP contribution in [0, 0.1) is 6.92 Å². The van der Waals surface area contributed by atoms with E-state index in [1.54, 1.807) is 13.0 Å². The summed E-state index contributed by atoms with van der Waals surface area (Å²) >= 11 is 5.56. The van der Waals surface area contributed by atoms with Crippen LogP contribution in [0.1, 0.15) is 5.69 Å².